The first-order valence-electron chi connectivity index (χ1n) is 19.2. The lowest BCUT2D eigenvalue weighted by Crippen LogP contribution is -2.67. The minimum absolute atomic E-state index is 0.507. The standard InChI is InChI=1S/C37H48Cl3NO24/c1-13(42)51-10-23-25(55-15(3)44)28(57-17(5)46)31(60-20(8)49)34(62-23)64-26-24(63-35(65-36(41)37(38,39)40)32(61-21(9)50)29(26)58-18(6)47)12-53-33-30(59-19(7)48)27(56-16(4)45)22(11-52-33)54-14(2)43/h22-35,41H,10-12H2,1-9H3/t22-,23+,24+,25+,26+,27-,28-,29-,30+,31+,32+,33-,34-,35+/m0/s1. The molecule has 3 saturated heterocycles. The number of rotatable bonds is 16. The van der Waals surface area contributed by atoms with Crippen molar-refractivity contribution in [3.8, 4) is 0 Å². The Kier molecular flexibility index (Phi) is 20.4. The molecular weight excluding hydrogens is 949 g/mol. The number of carbonyl (C=O) groups excluding carboxylic acids is 9. The Labute approximate surface area is 385 Å². The number of halogens is 3. The number of nitrogens with one attached hydrogen (secondary N) is 1. The summed E-state index contributed by atoms with van der Waals surface area (Å²) in [5.41, 5.74) is 0. The van der Waals surface area contributed by atoms with E-state index < -0.39 is 169 Å². The van der Waals surface area contributed by atoms with Gasteiger partial charge in [-0.1, -0.05) is 34.8 Å². The molecule has 0 aromatic carbocycles. The van der Waals surface area contributed by atoms with Gasteiger partial charge in [-0.25, -0.2) is 0 Å². The molecule has 0 radical (unpaired) electrons. The molecule has 28 heteroatoms. The van der Waals surface area contributed by atoms with Gasteiger partial charge in [0.25, 0.3) is 3.79 Å². The molecule has 0 unspecified atom stereocenters. The molecule has 3 aliphatic rings. The Hall–Kier alpha value is -4.63. The quantitative estimate of drug-likeness (QED) is 0.0726. The van der Waals surface area contributed by atoms with E-state index in [1.54, 1.807) is 0 Å². The summed E-state index contributed by atoms with van der Waals surface area (Å²) >= 11 is 17.7. The zero-order valence-corrected chi connectivity index (χ0v) is 38.4. The number of esters is 9. The summed E-state index contributed by atoms with van der Waals surface area (Å²) in [6.45, 7) is 6.85. The van der Waals surface area contributed by atoms with Crippen molar-refractivity contribution in [3.63, 3.8) is 0 Å². The van der Waals surface area contributed by atoms with Crippen LogP contribution in [0.15, 0.2) is 0 Å². The fraction of sp³-hybridized carbons (Fsp3) is 0.730. The van der Waals surface area contributed by atoms with Crippen LogP contribution in [0.2, 0.25) is 0 Å². The largest absolute Gasteiger partial charge is 0.463 e. The minimum Gasteiger partial charge on any atom is -0.463 e. The van der Waals surface area contributed by atoms with Crippen LogP contribution < -0.4 is 0 Å². The van der Waals surface area contributed by atoms with Crippen molar-refractivity contribution in [2.24, 2.45) is 0 Å². The van der Waals surface area contributed by atoms with E-state index in [0.29, 0.717) is 0 Å². The molecule has 3 fully saturated rings. The Morgan fingerprint density at radius 1 is 0.462 bits per heavy atom. The number of hydrogen-bond acceptors (Lipinski definition) is 25. The zero-order chi connectivity index (χ0) is 49.1. The lowest BCUT2D eigenvalue weighted by atomic mass is 9.96. The summed E-state index contributed by atoms with van der Waals surface area (Å²) in [4.78, 5) is 111. The average molecular weight is 997 g/mol. The van der Waals surface area contributed by atoms with Gasteiger partial charge in [0.1, 0.15) is 24.9 Å². The summed E-state index contributed by atoms with van der Waals surface area (Å²) in [5.74, 6) is -9.68. The predicted molar refractivity (Wildman–Crippen MR) is 208 cm³/mol. The zero-order valence-electron chi connectivity index (χ0n) is 36.1. The van der Waals surface area contributed by atoms with Crippen LogP contribution in [0.1, 0.15) is 62.3 Å². The van der Waals surface area contributed by atoms with Crippen LogP contribution >= 0.6 is 34.8 Å². The van der Waals surface area contributed by atoms with Crippen molar-refractivity contribution in [1.82, 2.24) is 0 Å². The van der Waals surface area contributed by atoms with Crippen molar-refractivity contribution < 1.29 is 114 Å². The second-order valence-electron chi connectivity index (χ2n) is 14.1. The van der Waals surface area contributed by atoms with E-state index in [1.807, 2.05) is 0 Å². The van der Waals surface area contributed by atoms with Crippen LogP contribution in [0.3, 0.4) is 0 Å². The molecule has 0 aromatic rings. The lowest BCUT2D eigenvalue weighted by molar-refractivity contribution is -0.361. The minimum atomic E-state index is -2.56. The highest BCUT2D eigenvalue weighted by atomic mass is 35.6. The SMILES string of the molecule is CC(=O)OC[C@H]1O[C@@H](O[C@H]2[C@H](OC(C)=O)[C@@H](OC(C)=O)[C@@H](OC(=N)C(Cl)(Cl)Cl)O[C@@H]2CO[C@@H]2OC[C@H](OC(C)=O)[C@H](OC(C)=O)[C@H]2OC(C)=O)[C@H](OC(C)=O)[C@@H](OC(C)=O)[C@@H]1OC(C)=O. The molecule has 366 valence electrons. The van der Waals surface area contributed by atoms with Crippen LogP contribution in [0.4, 0.5) is 0 Å². The molecule has 0 aliphatic carbocycles. The highest BCUT2D eigenvalue weighted by Gasteiger charge is 2.59. The Morgan fingerprint density at radius 3 is 1.31 bits per heavy atom. The van der Waals surface area contributed by atoms with Gasteiger partial charge in [-0.05, 0) is 0 Å². The maximum atomic E-state index is 12.9. The molecule has 0 bridgehead atoms. The molecule has 0 amide bonds. The van der Waals surface area contributed by atoms with E-state index >= 15 is 0 Å². The second-order valence-corrected chi connectivity index (χ2v) is 16.4. The Bertz CT molecular complexity index is 1790. The van der Waals surface area contributed by atoms with Gasteiger partial charge in [0.05, 0.1) is 13.2 Å². The fourth-order valence-electron chi connectivity index (χ4n) is 6.59. The molecule has 25 nitrogen and oxygen atoms in total. The van der Waals surface area contributed by atoms with Crippen LogP contribution in [0.25, 0.3) is 0 Å². The second kappa shape index (κ2) is 24.2. The van der Waals surface area contributed by atoms with Gasteiger partial charge in [0.2, 0.25) is 18.3 Å². The summed E-state index contributed by atoms with van der Waals surface area (Å²) in [6.07, 6.45) is -24.7. The number of ether oxygens (including phenoxy) is 15. The molecule has 0 saturated carbocycles. The molecular formula is C37H48Cl3NO24. The molecule has 3 rings (SSSR count). The van der Waals surface area contributed by atoms with Gasteiger partial charge in [-0.3, -0.25) is 48.6 Å². The number of alkyl halides is 3. The van der Waals surface area contributed by atoms with Gasteiger partial charge in [-0.15, -0.1) is 0 Å². The maximum absolute atomic E-state index is 12.9. The summed E-state index contributed by atoms with van der Waals surface area (Å²) in [6, 6.07) is 0. The summed E-state index contributed by atoms with van der Waals surface area (Å²) in [5, 5.41) is 8.27. The lowest BCUT2D eigenvalue weighted by Gasteiger charge is -2.49. The van der Waals surface area contributed by atoms with Gasteiger partial charge in [0.15, 0.2) is 55.3 Å². The third-order valence-electron chi connectivity index (χ3n) is 8.66. The van der Waals surface area contributed by atoms with Crippen LogP contribution in [-0.4, -0.2) is 169 Å². The molecule has 1 N–H and O–H groups in total. The van der Waals surface area contributed by atoms with Gasteiger partial charge in [0, 0.05) is 62.3 Å². The van der Waals surface area contributed by atoms with E-state index in [4.69, 9.17) is 111 Å². The van der Waals surface area contributed by atoms with E-state index in [-0.39, 0.29) is 0 Å². The predicted octanol–water partition coefficient (Wildman–Crippen LogP) is 0.575. The highest BCUT2D eigenvalue weighted by molar-refractivity contribution is 6.76. The van der Waals surface area contributed by atoms with E-state index in [0.717, 1.165) is 62.3 Å². The first kappa shape index (κ1) is 54.7. The Balaban J connectivity index is 2.27. The van der Waals surface area contributed by atoms with Crippen LogP contribution in [0.5, 0.6) is 0 Å². The third kappa shape index (κ3) is 16.6. The van der Waals surface area contributed by atoms with E-state index in [9.17, 15) is 43.2 Å². The topological polar surface area (TPSA) is 316 Å². The van der Waals surface area contributed by atoms with Gasteiger partial charge >= 0.3 is 53.7 Å². The highest BCUT2D eigenvalue weighted by Crippen LogP contribution is 2.38. The normalized spacial score (nSPS) is 31.1. The van der Waals surface area contributed by atoms with Crippen molar-refractivity contribution in [3.05, 3.63) is 0 Å². The van der Waals surface area contributed by atoms with Crippen molar-refractivity contribution >= 4 is 94.4 Å². The molecule has 14 atom stereocenters. The average Bonchev–Trinajstić information content (AvgIpc) is 3.14. The van der Waals surface area contributed by atoms with Gasteiger partial charge in [-0.2, -0.15) is 0 Å². The van der Waals surface area contributed by atoms with Gasteiger partial charge < -0.3 is 71.1 Å². The smallest absolute Gasteiger partial charge is 0.303 e. The fourth-order valence-corrected chi connectivity index (χ4v) is 6.73. The molecule has 3 heterocycles. The molecule has 0 aromatic heterocycles. The Morgan fingerprint density at radius 2 is 0.846 bits per heavy atom. The first-order chi connectivity index (χ1) is 30.2. The molecule has 3 aliphatic heterocycles. The third-order valence-corrected chi connectivity index (χ3v) is 9.17. The maximum Gasteiger partial charge on any atom is 0.303 e. The summed E-state index contributed by atoms with van der Waals surface area (Å²) in [7, 11) is 0. The first-order valence-corrected chi connectivity index (χ1v) is 20.3. The molecule has 65 heavy (non-hydrogen) atoms. The van der Waals surface area contributed by atoms with Crippen LogP contribution in [-0.2, 0) is 114 Å². The number of hydrogen-bond donors (Lipinski definition) is 1. The number of carbonyl (C=O) groups is 9. The monoisotopic (exact) mass is 995 g/mol. The van der Waals surface area contributed by atoms with E-state index in [1.165, 1.54) is 0 Å². The van der Waals surface area contributed by atoms with Crippen molar-refractivity contribution in [2.75, 3.05) is 19.8 Å². The van der Waals surface area contributed by atoms with Crippen LogP contribution in [0, 0.1) is 5.41 Å². The van der Waals surface area contributed by atoms with Crippen molar-refractivity contribution in [1.29, 1.82) is 5.41 Å². The van der Waals surface area contributed by atoms with E-state index in [2.05, 4.69) is 0 Å². The summed E-state index contributed by atoms with van der Waals surface area (Å²) < 4.78 is 82.0. The molecule has 0 spiro atoms. The van der Waals surface area contributed by atoms with Crippen molar-refractivity contribution in [2.45, 2.75) is 152 Å².